The highest BCUT2D eigenvalue weighted by Gasteiger charge is 2.42. The number of benzene rings is 1. The van der Waals surface area contributed by atoms with Crippen LogP contribution in [0.5, 0.6) is 0 Å². The van der Waals surface area contributed by atoms with Gasteiger partial charge in [-0.15, -0.1) is 11.6 Å². The molecule has 1 heteroatoms. The predicted octanol–water partition coefficient (Wildman–Crippen LogP) is 3.81. The average molecular weight is 195 g/mol. The van der Waals surface area contributed by atoms with E-state index in [-0.39, 0.29) is 0 Å². The Morgan fingerprint density at radius 2 is 2.08 bits per heavy atom. The van der Waals surface area contributed by atoms with Crippen LogP contribution in [0, 0.1) is 5.92 Å². The third kappa shape index (κ3) is 1.88. The lowest BCUT2D eigenvalue weighted by Gasteiger charge is -2.04. The Labute approximate surface area is 84.9 Å². The molecule has 3 atom stereocenters. The Morgan fingerprint density at radius 3 is 2.69 bits per heavy atom. The van der Waals surface area contributed by atoms with Gasteiger partial charge in [0.05, 0.1) is 0 Å². The van der Waals surface area contributed by atoms with Gasteiger partial charge in [0.25, 0.3) is 0 Å². The molecule has 70 valence electrons. The Balaban J connectivity index is 2.00. The van der Waals surface area contributed by atoms with Crippen molar-refractivity contribution in [2.24, 2.45) is 5.92 Å². The summed E-state index contributed by atoms with van der Waals surface area (Å²) in [4.78, 5) is 0. The molecule has 0 saturated heterocycles. The van der Waals surface area contributed by atoms with E-state index >= 15 is 0 Å². The van der Waals surface area contributed by atoms with Crippen molar-refractivity contribution in [1.82, 2.24) is 0 Å². The molecule has 1 fully saturated rings. The number of alkyl halides is 1. The monoisotopic (exact) mass is 194 g/mol. The molecule has 2 rings (SSSR count). The van der Waals surface area contributed by atoms with Gasteiger partial charge in [0.2, 0.25) is 0 Å². The molecule has 0 amide bonds. The van der Waals surface area contributed by atoms with Crippen LogP contribution >= 0.6 is 11.6 Å². The highest BCUT2D eigenvalue weighted by Crippen LogP contribution is 2.51. The number of rotatable bonds is 3. The minimum Gasteiger partial charge on any atom is -0.123 e. The van der Waals surface area contributed by atoms with Gasteiger partial charge in [-0.05, 0) is 30.2 Å². The fourth-order valence-corrected chi connectivity index (χ4v) is 2.28. The van der Waals surface area contributed by atoms with Gasteiger partial charge in [-0.1, -0.05) is 37.3 Å². The topological polar surface area (TPSA) is 0 Å². The number of hydrogen-bond donors (Lipinski definition) is 0. The molecule has 3 unspecified atom stereocenters. The Morgan fingerprint density at radius 1 is 1.38 bits per heavy atom. The average Bonchev–Trinajstić information content (AvgIpc) is 2.98. The summed E-state index contributed by atoms with van der Waals surface area (Å²) in [7, 11) is 0. The fraction of sp³-hybridized carbons (Fsp3) is 0.500. The van der Waals surface area contributed by atoms with Gasteiger partial charge in [0.1, 0.15) is 0 Å². The van der Waals surface area contributed by atoms with Crippen LogP contribution in [0.15, 0.2) is 30.3 Å². The Hall–Kier alpha value is -0.490. The Bertz CT molecular complexity index is 268. The fourth-order valence-electron chi connectivity index (χ4n) is 2.00. The number of hydrogen-bond acceptors (Lipinski definition) is 0. The van der Waals surface area contributed by atoms with Crippen LogP contribution in [0.25, 0.3) is 0 Å². The predicted molar refractivity (Wildman–Crippen MR) is 57.2 cm³/mol. The van der Waals surface area contributed by atoms with E-state index in [1.165, 1.54) is 12.0 Å². The van der Waals surface area contributed by atoms with Gasteiger partial charge in [-0.25, -0.2) is 0 Å². The Kier molecular flexibility index (Phi) is 2.59. The zero-order chi connectivity index (χ0) is 9.26. The van der Waals surface area contributed by atoms with Gasteiger partial charge in [-0.2, -0.15) is 0 Å². The zero-order valence-electron chi connectivity index (χ0n) is 7.91. The molecule has 0 bridgehead atoms. The van der Waals surface area contributed by atoms with Gasteiger partial charge < -0.3 is 0 Å². The first kappa shape index (κ1) is 9.08. The highest BCUT2D eigenvalue weighted by molar-refractivity contribution is 6.21. The van der Waals surface area contributed by atoms with Crippen molar-refractivity contribution in [2.45, 2.75) is 31.1 Å². The maximum atomic E-state index is 6.21. The molecule has 13 heavy (non-hydrogen) atoms. The quantitative estimate of drug-likeness (QED) is 0.642. The minimum absolute atomic E-state index is 0.380. The molecule has 0 N–H and O–H groups in total. The largest absolute Gasteiger partial charge is 0.123 e. The third-order valence-corrected chi connectivity index (χ3v) is 3.55. The first-order valence-electron chi connectivity index (χ1n) is 5.02. The molecule has 0 spiro atoms. The smallest absolute Gasteiger partial charge is 0.0367 e. The molecular weight excluding hydrogens is 180 g/mol. The van der Waals surface area contributed by atoms with E-state index in [0.717, 1.165) is 18.3 Å². The lowest BCUT2D eigenvalue weighted by molar-refractivity contribution is 0.697. The van der Waals surface area contributed by atoms with Crippen LogP contribution in [0.1, 0.15) is 31.2 Å². The highest BCUT2D eigenvalue weighted by atomic mass is 35.5. The van der Waals surface area contributed by atoms with E-state index in [9.17, 15) is 0 Å². The number of halogens is 1. The van der Waals surface area contributed by atoms with Crippen LogP contribution in [0.4, 0.5) is 0 Å². The summed E-state index contributed by atoms with van der Waals surface area (Å²) >= 11 is 6.21. The van der Waals surface area contributed by atoms with E-state index in [0.29, 0.717) is 5.38 Å². The summed E-state index contributed by atoms with van der Waals surface area (Å²) < 4.78 is 0. The molecule has 0 aromatic heterocycles. The molecule has 1 aliphatic rings. The van der Waals surface area contributed by atoms with Crippen LogP contribution < -0.4 is 0 Å². The van der Waals surface area contributed by atoms with Gasteiger partial charge in [0.15, 0.2) is 0 Å². The third-order valence-electron chi connectivity index (χ3n) is 2.92. The van der Waals surface area contributed by atoms with Crippen LogP contribution in [-0.4, -0.2) is 5.38 Å². The van der Waals surface area contributed by atoms with Crippen molar-refractivity contribution in [3.8, 4) is 0 Å². The first-order chi connectivity index (χ1) is 6.33. The lowest BCUT2D eigenvalue weighted by Crippen LogP contribution is -2.00. The standard InChI is InChI=1S/C12H15Cl/c1-2-12(13)11-8-10(11)9-6-4-3-5-7-9/h3-7,10-12H,2,8H2,1H3. The van der Waals surface area contributed by atoms with Crippen molar-refractivity contribution < 1.29 is 0 Å². The van der Waals surface area contributed by atoms with E-state index in [1.54, 1.807) is 0 Å². The molecule has 1 aliphatic carbocycles. The maximum Gasteiger partial charge on any atom is 0.0367 e. The van der Waals surface area contributed by atoms with Gasteiger partial charge in [0, 0.05) is 5.38 Å². The zero-order valence-corrected chi connectivity index (χ0v) is 8.67. The lowest BCUT2D eigenvalue weighted by atomic mass is 10.1. The normalized spacial score (nSPS) is 28.5. The SMILES string of the molecule is CCC(Cl)C1CC1c1ccccc1. The van der Waals surface area contributed by atoms with Crippen molar-refractivity contribution >= 4 is 11.6 Å². The molecule has 0 nitrogen and oxygen atoms in total. The molecule has 0 heterocycles. The minimum atomic E-state index is 0.380. The second-order valence-electron chi connectivity index (χ2n) is 3.84. The van der Waals surface area contributed by atoms with Gasteiger partial charge >= 0.3 is 0 Å². The molecule has 1 aromatic rings. The van der Waals surface area contributed by atoms with E-state index in [1.807, 2.05) is 0 Å². The molecule has 0 aliphatic heterocycles. The van der Waals surface area contributed by atoms with Crippen molar-refractivity contribution in [3.05, 3.63) is 35.9 Å². The van der Waals surface area contributed by atoms with Crippen LogP contribution in [0.2, 0.25) is 0 Å². The summed E-state index contributed by atoms with van der Waals surface area (Å²) in [5, 5.41) is 0.380. The maximum absolute atomic E-state index is 6.21. The second-order valence-corrected chi connectivity index (χ2v) is 4.40. The van der Waals surface area contributed by atoms with Crippen LogP contribution in [-0.2, 0) is 0 Å². The molecule has 1 saturated carbocycles. The molecular formula is C12H15Cl. The van der Waals surface area contributed by atoms with E-state index in [4.69, 9.17) is 11.6 Å². The summed E-state index contributed by atoms with van der Waals surface area (Å²) in [5.74, 6) is 1.47. The van der Waals surface area contributed by atoms with Crippen LogP contribution in [0.3, 0.4) is 0 Å². The molecule has 0 radical (unpaired) electrons. The van der Waals surface area contributed by atoms with Gasteiger partial charge in [-0.3, -0.25) is 0 Å². The molecule has 1 aromatic carbocycles. The van der Waals surface area contributed by atoms with E-state index < -0.39 is 0 Å². The summed E-state index contributed by atoms with van der Waals surface area (Å²) in [6, 6.07) is 10.7. The van der Waals surface area contributed by atoms with Crippen molar-refractivity contribution in [1.29, 1.82) is 0 Å². The van der Waals surface area contributed by atoms with E-state index in [2.05, 4.69) is 37.3 Å². The second kappa shape index (κ2) is 3.71. The summed E-state index contributed by atoms with van der Waals surface area (Å²) in [6.07, 6.45) is 2.38. The van der Waals surface area contributed by atoms with Crippen molar-refractivity contribution in [3.63, 3.8) is 0 Å². The summed E-state index contributed by atoms with van der Waals surface area (Å²) in [6.45, 7) is 2.16. The summed E-state index contributed by atoms with van der Waals surface area (Å²) in [5.41, 5.74) is 1.46. The van der Waals surface area contributed by atoms with Crippen molar-refractivity contribution in [2.75, 3.05) is 0 Å². The first-order valence-corrected chi connectivity index (χ1v) is 5.45.